The van der Waals surface area contributed by atoms with Gasteiger partial charge >= 0.3 is 0 Å². The molecule has 0 saturated heterocycles. The van der Waals surface area contributed by atoms with Gasteiger partial charge in [-0.1, -0.05) is 58.5 Å². The lowest BCUT2D eigenvalue weighted by Gasteiger charge is -2.18. The highest BCUT2D eigenvalue weighted by atomic mass is 35.5. The summed E-state index contributed by atoms with van der Waals surface area (Å²) in [6.45, 7) is 0. The fourth-order valence-electron chi connectivity index (χ4n) is 4.18. The lowest BCUT2D eigenvalue weighted by atomic mass is 10.3. The molecule has 13 heteroatoms. The zero-order valence-corrected chi connectivity index (χ0v) is 29.8. The molecule has 0 amide bonds. The third-order valence-electron chi connectivity index (χ3n) is 6.44. The van der Waals surface area contributed by atoms with E-state index in [2.05, 4.69) is 0 Å². The van der Waals surface area contributed by atoms with Crippen LogP contribution in [0.15, 0.2) is 77.9 Å². The van der Waals surface area contributed by atoms with Crippen LogP contribution in [0.3, 0.4) is 0 Å². The summed E-state index contributed by atoms with van der Waals surface area (Å²) in [7, 11) is 12.8. The molecule has 0 saturated carbocycles. The van der Waals surface area contributed by atoms with Crippen molar-refractivity contribution in [1.82, 2.24) is 0 Å². The Hall–Kier alpha value is -3.09. The second-order valence-corrected chi connectivity index (χ2v) is 13.0. The maximum absolute atomic E-state index is 6.32. The van der Waals surface area contributed by atoms with E-state index in [1.165, 1.54) is 35.3 Å². The molecule has 0 aliphatic carbocycles. The van der Waals surface area contributed by atoms with Gasteiger partial charge in [-0.15, -0.1) is 0 Å². The molecule has 0 heterocycles. The van der Waals surface area contributed by atoms with Crippen LogP contribution in [0.1, 0.15) is 0 Å². The van der Waals surface area contributed by atoms with Gasteiger partial charge in [-0.3, -0.25) is 0 Å². The number of hydrogen-bond acceptors (Lipinski definition) is 11. The number of hydrogen-bond donors (Lipinski definition) is 0. The molecule has 8 nitrogen and oxygen atoms in total. The van der Waals surface area contributed by atoms with E-state index in [-0.39, 0.29) is 0 Å². The minimum atomic E-state index is 0.454. The van der Waals surface area contributed by atoms with Crippen LogP contribution in [0.4, 0.5) is 0 Å². The van der Waals surface area contributed by atoms with Gasteiger partial charge in [0.05, 0.1) is 96.3 Å². The molecule has 0 radical (unpaired) electrons. The van der Waals surface area contributed by atoms with Crippen molar-refractivity contribution in [2.75, 3.05) is 56.9 Å². The van der Waals surface area contributed by atoms with Gasteiger partial charge in [-0.25, -0.2) is 0 Å². The topological polar surface area (TPSA) is 73.8 Å². The molecule has 0 fully saturated rings. The second kappa shape index (κ2) is 16.0. The first-order valence-electron chi connectivity index (χ1n) is 13.1. The summed E-state index contributed by atoms with van der Waals surface area (Å²) in [6.07, 6.45) is 0. The van der Waals surface area contributed by atoms with Gasteiger partial charge in [0.2, 0.25) is 0 Å². The molecule has 0 bridgehead atoms. The van der Waals surface area contributed by atoms with Gasteiger partial charge < -0.3 is 37.9 Å². The molecule has 45 heavy (non-hydrogen) atoms. The minimum absolute atomic E-state index is 0.454. The Balaban J connectivity index is 1.72. The van der Waals surface area contributed by atoms with E-state index in [1.54, 1.807) is 69.0 Å². The van der Waals surface area contributed by atoms with E-state index < -0.39 is 0 Å². The van der Waals surface area contributed by atoms with Gasteiger partial charge in [-0.2, -0.15) is 0 Å². The lowest BCUT2D eigenvalue weighted by molar-refractivity contribution is 0.384. The van der Waals surface area contributed by atoms with E-state index in [0.29, 0.717) is 56.0 Å². The van der Waals surface area contributed by atoms with Crippen LogP contribution in [-0.2, 0) is 0 Å². The molecule has 0 N–H and O–H groups in total. The minimum Gasteiger partial charge on any atom is -0.496 e. The normalized spacial score (nSPS) is 10.7. The van der Waals surface area contributed by atoms with Gasteiger partial charge in [0.1, 0.15) is 46.0 Å². The average molecular weight is 712 g/mol. The second-order valence-electron chi connectivity index (χ2n) is 8.89. The Labute approximate surface area is 285 Å². The van der Waals surface area contributed by atoms with Gasteiger partial charge in [0.25, 0.3) is 0 Å². The summed E-state index contributed by atoms with van der Waals surface area (Å²) in [4.78, 5) is 4.84. The van der Waals surface area contributed by atoms with Crippen molar-refractivity contribution in [3.63, 3.8) is 0 Å². The molecular weight excluding hydrogens is 679 g/mol. The summed E-state index contributed by atoms with van der Waals surface area (Å²) >= 11 is 17.0. The summed E-state index contributed by atoms with van der Waals surface area (Å²) in [5.41, 5.74) is 0. The summed E-state index contributed by atoms with van der Waals surface area (Å²) in [5, 5.41) is 0.909. The van der Waals surface area contributed by atoms with Crippen LogP contribution in [0, 0.1) is 0 Å². The molecule has 4 rings (SSSR count). The first kappa shape index (κ1) is 34.8. The summed E-state index contributed by atoms with van der Waals surface area (Å²) < 4.78 is 45.2. The summed E-state index contributed by atoms with van der Waals surface area (Å²) in [6, 6.07) is 14.8. The fraction of sp³-hybridized carbons (Fsp3) is 0.250. The van der Waals surface area contributed by atoms with Crippen molar-refractivity contribution in [1.29, 1.82) is 0 Å². The van der Waals surface area contributed by atoms with Crippen LogP contribution in [0.2, 0.25) is 10.0 Å². The maximum atomic E-state index is 6.32. The number of benzene rings is 4. The maximum Gasteiger partial charge on any atom is 0.138 e. The fourth-order valence-corrected chi connectivity index (χ4v) is 7.81. The smallest absolute Gasteiger partial charge is 0.138 e. The summed E-state index contributed by atoms with van der Waals surface area (Å²) in [5.74, 6) is 4.84. The molecular formula is C32H32Cl2O8S3. The van der Waals surface area contributed by atoms with Crippen LogP contribution >= 0.6 is 58.5 Å². The largest absolute Gasteiger partial charge is 0.496 e. The molecule has 0 aliphatic heterocycles. The van der Waals surface area contributed by atoms with E-state index >= 15 is 0 Å². The van der Waals surface area contributed by atoms with Crippen molar-refractivity contribution in [3.05, 3.63) is 58.6 Å². The van der Waals surface area contributed by atoms with Crippen LogP contribution in [0.5, 0.6) is 46.0 Å². The SMILES string of the molecule is COc1cc(Sc2cc(OC)c(Sc3cc(OC)c(Sc4cc(OC)c(Cl)cc4OC)cc3OC)cc2OC)c(OC)cc1Cl. The number of ether oxygens (including phenoxy) is 8. The van der Waals surface area contributed by atoms with E-state index in [9.17, 15) is 0 Å². The number of rotatable bonds is 14. The van der Waals surface area contributed by atoms with Crippen molar-refractivity contribution in [2.45, 2.75) is 29.4 Å². The van der Waals surface area contributed by atoms with Gasteiger partial charge in [0, 0.05) is 12.1 Å². The quantitative estimate of drug-likeness (QED) is 0.126. The van der Waals surface area contributed by atoms with E-state index in [0.717, 1.165) is 29.4 Å². The Kier molecular flexibility index (Phi) is 12.3. The van der Waals surface area contributed by atoms with Crippen molar-refractivity contribution in [3.8, 4) is 46.0 Å². The number of halogens is 2. The first-order chi connectivity index (χ1) is 21.7. The van der Waals surface area contributed by atoms with Crippen molar-refractivity contribution < 1.29 is 37.9 Å². The lowest BCUT2D eigenvalue weighted by Crippen LogP contribution is -1.95. The van der Waals surface area contributed by atoms with Crippen molar-refractivity contribution >= 4 is 58.5 Å². The third kappa shape index (κ3) is 7.84. The highest BCUT2D eigenvalue weighted by Crippen LogP contribution is 2.51. The Morgan fingerprint density at radius 2 is 0.489 bits per heavy atom. The Morgan fingerprint density at radius 1 is 0.311 bits per heavy atom. The zero-order valence-electron chi connectivity index (χ0n) is 25.9. The predicted molar refractivity (Wildman–Crippen MR) is 181 cm³/mol. The molecule has 4 aromatic carbocycles. The third-order valence-corrected chi connectivity index (χ3v) is 10.3. The molecule has 4 aromatic rings. The Bertz CT molecular complexity index is 1550. The molecule has 0 aromatic heterocycles. The molecule has 0 atom stereocenters. The standard InChI is InChI=1S/C32H32Cl2O8S3/c1-35-19-11-27(21(37-3)9-17(19)33)43-29-13-25(41-7)31(15-23(29)39-5)45-32-16-24(40-6)30(14-26(32)42-8)44-28-12-20(36-2)18(34)10-22(28)38-4/h9-16H,1-8H3. The van der Waals surface area contributed by atoms with Gasteiger partial charge in [0.15, 0.2) is 0 Å². The Morgan fingerprint density at radius 3 is 0.689 bits per heavy atom. The highest BCUT2D eigenvalue weighted by molar-refractivity contribution is 8.00. The van der Waals surface area contributed by atoms with Crippen LogP contribution in [0.25, 0.3) is 0 Å². The highest BCUT2D eigenvalue weighted by Gasteiger charge is 2.21. The monoisotopic (exact) mass is 710 g/mol. The zero-order chi connectivity index (χ0) is 32.7. The van der Waals surface area contributed by atoms with Gasteiger partial charge in [-0.05, 0) is 36.4 Å². The first-order valence-corrected chi connectivity index (χ1v) is 16.3. The van der Waals surface area contributed by atoms with E-state index in [4.69, 9.17) is 61.1 Å². The molecule has 0 spiro atoms. The molecule has 0 aliphatic rings. The number of methoxy groups -OCH3 is 8. The predicted octanol–water partition coefficient (Wildman–Crippen LogP) is 9.52. The van der Waals surface area contributed by atoms with Crippen LogP contribution < -0.4 is 37.9 Å². The molecule has 0 unspecified atom stereocenters. The van der Waals surface area contributed by atoms with E-state index in [1.807, 2.05) is 36.4 Å². The van der Waals surface area contributed by atoms with Crippen LogP contribution in [-0.4, -0.2) is 56.9 Å². The van der Waals surface area contributed by atoms with Crippen molar-refractivity contribution in [2.24, 2.45) is 0 Å². The average Bonchev–Trinajstić information content (AvgIpc) is 3.06. The molecule has 240 valence electrons.